The van der Waals surface area contributed by atoms with Gasteiger partial charge in [-0.3, -0.25) is 20.1 Å². The standard InChI is InChI=1S/C17H17N5O3S/c1-10-4-5-11(25-10)8-12-15(18)22-17(19-16(12)24)26-13(20-22)9-14(23)21-6-2-3-7-21/h4-5,8-9,18,20H,2-3,6-7H2,1H3/b12-8-,13-9+,18-15?. The number of nitrogens with one attached hydrogen (secondary N) is 2. The van der Waals surface area contributed by atoms with E-state index in [9.17, 15) is 9.59 Å². The summed E-state index contributed by atoms with van der Waals surface area (Å²) in [6, 6.07) is 3.51. The van der Waals surface area contributed by atoms with Gasteiger partial charge < -0.3 is 9.32 Å². The molecule has 1 saturated heterocycles. The van der Waals surface area contributed by atoms with E-state index >= 15 is 0 Å². The van der Waals surface area contributed by atoms with Gasteiger partial charge in [-0.05, 0) is 38.0 Å². The minimum Gasteiger partial charge on any atom is -0.462 e. The van der Waals surface area contributed by atoms with Crippen LogP contribution in [0.1, 0.15) is 24.4 Å². The molecule has 0 aliphatic carbocycles. The number of furan rings is 1. The summed E-state index contributed by atoms with van der Waals surface area (Å²) < 4.78 is 7.39. The first kappa shape index (κ1) is 16.5. The fourth-order valence-corrected chi connectivity index (χ4v) is 3.77. The number of rotatable bonds is 2. The average molecular weight is 371 g/mol. The molecule has 26 heavy (non-hydrogen) atoms. The molecule has 0 atom stereocenters. The van der Waals surface area contributed by atoms with Crippen molar-refractivity contribution < 1.29 is 9.21 Å². The minimum absolute atomic E-state index is 0.0291. The molecule has 1 amide bonds. The summed E-state index contributed by atoms with van der Waals surface area (Å²) in [6.45, 7) is 3.34. The van der Waals surface area contributed by atoms with Gasteiger partial charge in [0, 0.05) is 19.2 Å². The molecule has 0 spiro atoms. The van der Waals surface area contributed by atoms with E-state index in [4.69, 9.17) is 9.83 Å². The maximum absolute atomic E-state index is 12.3. The van der Waals surface area contributed by atoms with Crippen LogP contribution in [0.15, 0.2) is 21.3 Å². The lowest BCUT2D eigenvalue weighted by molar-refractivity contribution is -0.123. The molecule has 134 valence electrons. The van der Waals surface area contributed by atoms with E-state index in [1.807, 2.05) is 0 Å². The monoisotopic (exact) mass is 371 g/mol. The molecule has 3 aliphatic heterocycles. The van der Waals surface area contributed by atoms with Crippen molar-refractivity contribution in [3.63, 3.8) is 0 Å². The molecular weight excluding hydrogens is 354 g/mol. The molecule has 0 aromatic carbocycles. The number of aromatic amines is 1. The van der Waals surface area contributed by atoms with Crippen molar-refractivity contribution >= 4 is 29.4 Å². The van der Waals surface area contributed by atoms with Crippen molar-refractivity contribution in [3.8, 4) is 5.13 Å². The maximum Gasteiger partial charge on any atom is 0.283 e. The highest BCUT2D eigenvalue weighted by molar-refractivity contribution is 7.11. The second-order valence-corrected chi connectivity index (χ2v) is 7.15. The van der Waals surface area contributed by atoms with Crippen LogP contribution < -0.4 is 20.9 Å². The van der Waals surface area contributed by atoms with Crippen molar-refractivity contribution in [1.82, 2.24) is 19.7 Å². The summed E-state index contributed by atoms with van der Waals surface area (Å²) in [5.74, 6) is 1.13. The van der Waals surface area contributed by atoms with Crippen LogP contribution in [0.4, 0.5) is 0 Å². The van der Waals surface area contributed by atoms with Gasteiger partial charge in [-0.15, -0.1) is 0 Å². The van der Waals surface area contributed by atoms with Crippen LogP contribution in [0.3, 0.4) is 0 Å². The molecular formula is C17H17N5O3S. The predicted molar refractivity (Wildman–Crippen MR) is 95.6 cm³/mol. The highest BCUT2D eigenvalue weighted by Gasteiger charge is 2.17. The van der Waals surface area contributed by atoms with Crippen molar-refractivity contribution in [1.29, 1.82) is 5.41 Å². The molecule has 1 fully saturated rings. The van der Waals surface area contributed by atoms with Crippen molar-refractivity contribution in [2.45, 2.75) is 19.8 Å². The number of hydrogen-bond donors (Lipinski definition) is 2. The van der Waals surface area contributed by atoms with Gasteiger partial charge >= 0.3 is 0 Å². The van der Waals surface area contributed by atoms with Crippen molar-refractivity contribution in [2.24, 2.45) is 0 Å². The summed E-state index contributed by atoms with van der Waals surface area (Å²) in [4.78, 5) is 30.4. The van der Waals surface area contributed by atoms with E-state index in [0.29, 0.717) is 15.6 Å². The zero-order valence-electron chi connectivity index (χ0n) is 14.1. The van der Waals surface area contributed by atoms with Crippen LogP contribution in [0.25, 0.3) is 17.3 Å². The van der Waals surface area contributed by atoms with E-state index in [1.165, 1.54) is 28.2 Å². The molecule has 9 heteroatoms. The number of H-pyrrole nitrogens is 1. The van der Waals surface area contributed by atoms with Crippen LogP contribution in [-0.4, -0.2) is 38.7 Å². The number of likely N-dealkylation sites (tertiary alicyclic amines) is 1. The quantitative estimate of drug-likeness (QED) is 0.643. The number of carbonyl (C=O) groups excluding carboxylic acids is 1. The van der Waals surface area contributed by atoms with Gasteiger partial charge in [-0.25, -0.2) is 4.68 Å². The van der Waals surface area contributed by atoms with Crippen molar-refractivity contribution in [3.05, 3.63) is 49.4 Å². The average Bonchev–Trinajstić information content (AvgIpc) is 3.32. The van der Waals surface area contributed by atoms with E-state index < -0.39 is 5.56 Å². The summed E-state index contributed by atoms with van der Waals surface area (Å²) in [6.07, 6.45) is 5.04. The summed E-state index contributed by atoms with van der Waals surface area (Å²) in [7, 11) is 0. The highest BCUT2D eigenvalue weighted by Crippen LogP contribution is 2.08. The molecule has 1 aromatic heterocycles. The Kier molecular flexibility index (Phi) is 4.08. The number of aryl methyl sites for hydroxylation is 1. The first-order valence-electron chi connectivity index (χ1n) is 8.26. The minimum atomic E-state index is -0.503. The Bertz CT molecular complexity index is 1180. The largest absolute Gasteiger partial charge is 0.462 e. The van der Waals surface area contributed by atoms with Gasteiger partial charge in [0.1, 0.15) is 16.2 Å². The van der Waals surface area contributed by atoms with Crippen molar-refractivity contribution in [2.75, 3.05) is 13.1 Å². The van der Waals surface area contributed by atoms with Crippen LogP contribution >= 0.6 is 11.3 Å². The Morgan fingerprint density at radius 2 is 2.15 bits per heavy atom. The SMILES string of the molecule is Cc1ccc(/C=c2\c(=O)nc3s/c(=C/C(=O)N4CCCC4)[nH]n-3c2=N)o1. The number of fused-ring (bicyclic) bond motifs is 1. The Hall–Kier alpha value is -2.94. The molecule has 3 aliphatic rings. The molecule has 4 heterocycles. The van der Waals surface area contributed by atoms with Crippen LogP contribution in [0.5, 0.6) is 0 Å². The second-order valence-electron chi connectivity index (χ2n) is 6.14. The first-order chi connectivity index (χ1) is 12.5. The van der Waals surface area contributed by atoms with Crippen LogP contribution in [0.2, 0.25) is 0 Å². The Morgan fingerprint density at radius 3 is 2.85 bits per heavy atom. The topological polar surface area (TPSA) is 108 Å². The fourth-order valence-electron chi connectivity index (χ4n) is 2.92. The zero-order chi connectivity index (χ0) is 18.3. The number of hydrogen-bond acceptors (Lipinski definition) is 6. The molecule has 1 aromatic rings. The summed E-state index contributed by atoms with van der Waals surface area (Å²) in [5, 5.41) is 11.8. The normalized spacial score (nSPS) is 16.1. The Balaban J connectivity index is 1.82. The fraction of sp³-hybridized carbons (Fsp3) is 0.294. The maximum atomic E-state index is 12.3. The third-order valence-corrected chi connectivity index (χ3v) is 5.13. The van der Waals surface area contributed by atoms with Gasteiger partial charge in [-0.1, -0.05) is 11.3 Å². The lowest BCUT2D eigenvalue weighted by Crippen LogP contribution is -2.47. The van der Waals surface area contributed by atoms with Gasteiger partial charge in [0.15, 0.2) is 5.49 Å². The van der Waals surface area contributed by atoms with E-state index in [-0.39, 0.29) is 16.6 Å². The van der Waals surface area contributed by atoms with Gasteiger partial charge in [0.05, 0.1) is 5.22 Å². The molecule has 0 bridgehead atoms. The number of nitrogens with zero attached hydrogens (tertiary/aromatic N) is 3. The lowest BCUT2D eigenvalue weighted by atomic mass is 10.3. The third-order valence-electron chi connectivity index (χ3n) is 4.24. The molecule has 2 N–H and O–H groups in total. The van der Waals surface area contributed by atoms with Crippen LogP contribution in [0, 0.1) is 12.3 Å². The smallest absolute Gasteiger partial charge is 0.283 e. The van der Waals surface area contributed by atoms with Crippen LogP contribution in [-0.2, 0) is 4.79 Å². The van der Waals surface area contributed by atoms with E-state index in [0.717, 1.165) is 31.7 Å². The second kappa shape index (κ2) is 6.41. The number of aromatic nitrogens is 3. The van der Waals surface area contributed by atoms with E-state index in [1.54, 1.807) is 24.0 Å². The predicted octanol–water partition coefficient (Wildman–Crippen LogP) is -0.328. The molecule has 8 nitrogen and oxygen atoms in total. The molecule has 4 rings (SSSR count). The first-order valence-corrected chi connectivity index (χ1v) is 9.08. The van der Waals surface area contributed by atoms with Gasteiger partial charge in [-0.2, -0.15) is 4.98 Å². The molecule has 0 unspecified atom stereocenters. The lowest BCUT2D eigenvalue weighted by Gasteiger charge is -2.10. The van der Waals surface area contributed by atoms with E-state index in [2.05, 4.69) is 10.1 Å². The highest BCUT2D eigenvalue weighted by atomic mass is 32.1. The molecule has 0 saturated carbocycles. The molecule has 0 radical (unpaired) electrons. The number of carbonyl (C=O) groups is 1. The van der Waals surface area contributed by atoms with Gasteiger partial charge in [0.2, 0.25) is 11.0 Å². The van der Waals surface area contributed by atoms with Gasteiger partial charge in [0.25, 0.3) is 5.56 Å². The Labute approximate surface area is 151 Å². The zero-order valence-corrected chi connectivity index (χ0v) is 14.9. The Morgan fingerprint density at radius 1 is 1.38 bits per heavy atom. The summed E-state index contributed by atoms with van der Waals surface area (Å²) >= 11 is 1.17. The summed E-state index contributed by atoms with van der Waals surface area (Å²) in [5.41, 5.74) is -0.532. The third kappa shape index (κ3) is 3.01. The number of amides is 1.